The summed E-state index contributed by atoms with van der Waals surface area (Å²) < 4.78 is 0. The van der Waals surface area contributed by atoms with Crippen LogP contribution in [0.5, 0.6) is 0 Å². The second kappa shape index (κ2) is 6.09. The van der Waals surface area contributed by atoms with E-state index in [2.05, 4.69) is 24.6 Å². The molecule has 1 fully saturated rings. The minimum Gasteiger partial charge on any atom is -0.382 e. The zero-order valence-corrected chi connectivity index (χ0v) is 11.9. The zero-order valence-electron chi connectivity index (χ0n) is 11.9. The van der Waals surface area contributed by atoms with Crippen LogP contribution in [0.25, 0.3) is 0 Å². The predicted molar refractivity (Wildman–Crippen MR) is 80.5 cm³/mol. The summed E-state index contributed by atoms with van der Waals surface area (Å²) in [7, 11) is 0. The van der Waals surface area contributed by atoms with Gasteiger partial charge in [-0.05, 0) is 30.7 Å². The van der Waals surface area contributed by atoms with Crippen LogP contribution >= 0.6 is 0 Å². The molecule has 0 saturated heterocycles. The molecular formula is C14H22N4O2. The fraction of sp³-hybridized carbons (Fsp3) is 0.571. The Bertz CT molecular complexity index is 492. The zero-order chi connectivity index (χ0) is 14.7. The Morgan fingerprint density at radius 1 is 1.35 bits per heavy atom. The molecule has 0 aliphatic heterocycles. The lowest BCUT2D eigenvalue weighted by molar-refractivity contribution is -0.384. The molecule has 1 aliphatic rings. The lowest BCUT2D eigenvalue weighted by Crippen LogP contribution is -2.24. The Kier molecular flexibility index (Phi) is 4.44. The Morgan fingerprint density at radius 2 is 2.05 bits per heavy atom. The monoisotopic (exact) mass is 278 g/mol. The van der Waals surface area contributed by atoms with Crippen LogP contribution in [-0.2, 0) is 0 Å². The van der Waals surface area contributed by atoms with Gasteiger partial charge in [-0.25, -0.2) is 0 Å². The molecule has 6 nitrogen and oxygen atoms in total. The number of nitrogens with zero attached hydrogens (tertiary/aromatic N) is 1. The molecule has 0 bridgehead atoms. The highest BCUT2D eigenvalue weighted by atomic mass is 16.6. The second-order valence-electron chi connectivity index (χ2n) is 5.53. The second-order valence-corrected chi connectivity index (χ2v) is 5.53. The van der Waals surface area contributed by atoms with E-state index in [0.717, 1.165) is 18.0 Å². The third kappa shape index (κ3) is 3.01. The molecule has 0 spiro atoms. The molecular weight excluding hydrogens is 256 g/mol. The van der Waals surface area contributed by atoms with E-state index in [9.17, 15) is 10.1 Å². The number of nitrogens with one attached hydrogen (secondary N) is 2. The van der Waals surface area contributed by atoms with E-state index in [4.69, 9.17) is 5.84 Å². The molecule has 4 N–H and O–H groups in total. The number of nitrogen functional groups attached to an aromatic ring is 1. The minimum atomic E-state index is -0.404. The maximum atomic E-state index is 10.9. The lowest BCUT2D eigenvalue weighted by Gasteiger charge is -2.22. The van der Waals surface area contributed by atoms with Crippen molar-refractivity contribution in [1.29, 1.82) is 0 Å². The number of hydrogen-bond acceptors (Lipinski definition) is 5. The van der Waals surface area contributed by atoms with Crippen LogP contribution in [0.3, 0.4) is 0 Å². The van der Waals surface area contributed by atoms with E-state index in [1.54, 1.807) is 12.1 Å². The van der Waals surface area contributed by atoms with Gasteiger partial charge in [-0.2, -0.15) is 0 Å². The first-order chi connectivity index (χ1) is 9.55. The van der Waals surface area contributed by atoms with Crippen molar-refractivity contribution in [3.05, 3.63) is 28.3 Å². The molecule has 0 amide bonds. The number of rotatable bonds is 5. The van der Waals surface area contributed by atoms with Crippen molar-refractivity contribution in [2.24, 2.45) is 17.7 Å². The summed E-state index contributed by atoms with van der Waals surface area (Å²) in [5, 5.41) is 14.4. The van der Waals surface area contributed by atoms with Gasteiger partial charge >= 0.3 is 0 Å². The summed E-state index contributed by atoms with van der Waals surface area (Å²) in [6.07, 6.45) is 3.50. The largest absolute Gasteiger partial charge is 0.382 e. The number of benzene rings is 1. The quantitative estimate of drug-likeness (QED) is 0.437. The average Bonchev–Trinajstić information content (AvgIpc) is 2.79. The molecule has 2 rings (SSSR count). The highest BCUT2D eigenvalue weighted by molar-refractivity contribution is 5.63. The van der Waals surface area contributed by atoms with E-state index in [1.807, 2.05) is 0 Å². The molecule has 6 heteroatoms. The van der Waals surface area contributed by atoms with Crippen LogP contribution in [0.2, 0.25) is 0 Å². The molecule has 1 saturated carbocycles. The molecule has 0 radical (unpaired) electrons. The van der Waals surface area contributed by atoms with Crippen LogP contribution in [0.4, 0.5) is 17.1 Å². The number of nitro benzene ring substituents is 1. The number of nitrogens with two attached hydrogens (primary N) is 1. The lowest BCUT2D eigenvalue weighted by atomic mass is 9.93. The van der Waals surface area contributed by atoms with E-state index >= 15 is 0 Å². The average molecular weight is 278 g/mol. The normalized spacial score (nSPS) is 25.4. The summed E-state index contributed by atoms with van der Waals surface area (Å²) in [5.74, 6) is 6.68. The molecule has 110 valence electrons. The summed E-state index contributed by atoms with van der Waals surface area (Å²) in [6, 6.07) is 5.16. The number of hydrogen-bond donors (Lipinski definition) is 3. The Balaban J connectivity index is 2.17. The summed E-state index contributed by atoms with van der Waals surface area (Å²) in [6.45, 7) is 4.46. The van der Waals surface area contributed by atoms with Crippen molar-refractivity contribution in [3.63, 3.8) is 0 Å². The van der Waals surface area contributed by atoms with Gasteiger partial charge in [0.1, 0.15) is 0 Å². The van der Waals surface area contributed by atoms with Gasteiger partial charge in [-0.15, -0.1) is 0 Å². The maximum Gasteiger partial charge on any atom is 0.273 e. The van der Waals surface area contributed by atoms with Crippen LogP contribution in [-0.4, -0.2) is 11.0 Å². The predicted octanol–water partition coefficient (Wildman–Crippen LogP) is 3.12. The molecule has 1 aromatic rings. The number of hydrazine groups is 1. The standard InChI is InChI=1S/C14H22N4O2/c1-3-10-4-5-14(9(10)2)16-11-6-12(17-15)8-13(7-11)18(19)20/h6-10,14,16-17H,3-5,15H2,1-2H3. The van der Waals surface area contributed by atoms with Gasteiger partial charge in [0.2, 0.25) is 0 Å². The Morgan fingerprint density at radius 3 is 2.60 bits per heavy atom. The number of anilines is 2. The van der Waals surface area contributed by atoms with Crippen molar-refractivity contribution in [2.45, 2.75) is 39.2 Å². The molecule has 3 atom stereocenters. The number of nitro groups is 1. The van der Waals surface area contributed by atoms with E-state index < -0.39 is 4.92 Å². The first-order valence-corrected chi connectivity index (χ1v) is 7.07. The third-order valence-electron chi connectivity index (χ3n) is 4.40. The van der Waals surface area contributed by atoms with Crippen molar-refractivity contribution >= 4 is 17.1 Å². The molecule has 20 heavy (non-hydrogen) atoms. The first-order valence-electron chi connectivity index (χ1n) is 7.07. The highest BCUT2D eigenvalue weighted by Crippen LogP contribution is 2.36. The van der Waals surface area contributed by atoms with Gasteiger partial charge in [0.15, 0.2) is 0 Å². The topological polar surface area (TPSA) is 93.2 Å². The van der Waals surface area contributed by atoms with E-state index in [1.165, 1.54) is 18.9 Å². The van der Waals surface area contributed by atoms with Gasteiger partial charge in [0, 0.05) is 23.9 Å². The van der Waals surface area contributed by atoms with Crippen molar-refractivity contribution in [2.75, 3.05) is 10.7 Å². The maximum absolute atomic E-state index is 10.9. The van der Waals surface area contributed by atoms with Crippen molar-refractivity contribution in [3.8, 4) is 0 Å². The Hall–Kier alpha value is -1.82. The summed E-state index contributed by atoms with van der Waals surface area (Å²) >= 11 is 0. The van der Waals surface area contributed by atoms with Crippen molar-refractivity contribution < 1.29 is 4.92 Å². The van der Waals surface area contributed by atoms with Crippen LogP contribution in [0, 0.1) is 22.0 Å². The van der Waals surface area contributed by atoms with Gasteiger partial charge in [0.25, 0.3) is 5.69 Å². The van der Waals surface area contributed by atoms with Gasteiger partial charge in [0.05, 0.1) is 10.6 Å². The van der Waals surface area contributed by atoms with Crippen LogP contribution < -0.4 is 16.6 Å². The SMILES string of the molecule is CCC1CCC(Nc2cc(NN)cc([N+](=O)[O-])c2)C1C. The third-order valence-corrected chi connectivity index (χ3v) is 4.40. The van der Waals surface area contributed by atoms with E-state index in [0.29, 0.717) is 17.6 Å². The minimum absolute atomic E-state index is 0.0423. The molecule has 3 unspecified atom stereocenters. The van der Waals surface area contributed by atoms with Gasteiger partial charge in [-0.1, -0.05) is 20.3 Å². The fourth-order valence-electron chi connectivity index (χ4n) is 3.12. The number of non-ortho nitro benzene ring substituents is 1. The van der Waals surface area contributed by atoms with Gasteiger partial charge < -0.3 is 10.7 Å². The van der Waals surface area contributed by atoms with Gasteiger partial charge in [-0.3, -0.25) is 16.0 Å². The van der Waals surface area contributed by atoms with Crippen LogP contribution in [0.15, 0.2) is 18.2 Å². The Labute approximate surface area is 118 Å². The van der Waals surface area contributed by atoms with Crippen LogP contribution in [0.1, 0.15) is 33.1 Å². The summed E-state index contributed by atoms with van der Waals surface area (Å²) in [5.41, 5.74) is 3.81. The summed E-state index contributed by atoms with van der Waals surface area (Å²) in [4.78, 5) is 10.5. The highest BCUT2D eigenvalue weighted by Gasteiger charge is 2.31. The molecule has 0 aromatic heterocycles. The fourth-order valence-corrected chi connectivity index (χ4v) is 3.12. The van der Waals surface area contributed by atoms with E-state index in [-0.39, 0.29) is 5.69 Å². The molecule has 0 heterocycles. The first kappa shape index (κ1) is 14.6. The van der Waals surface area contributed by atoms with Crippen molar-refractivity contribution in [1.82, 2.24) is 0 Å². The molecule has 1 aliphatic carbocycles. The smallest absolute Gasteiger partial charge is 0.273 e. The molecule has 1 aromatic carbocycles.